The highest BCUT2D eigenvalue weighted by molar-refractivity contribution is 5.79. The molecule has 1 rings (SSSR count). The molecule has 3 N–H and O–H groups in total. The number of nitrogens with two attached hydrogens (primary N) is 1. The summed E-state index contributed by atoms with van der Waals surface area (Å²) in [5, 5.41) is 3.46. The molecule has 0 spiro atoms. The Balaban J connectivity index is 2.08. The topological polar surface area (TPSA) is 74.0 Å². The van der Waals surface area contributed by atoms with Crippen LogP contribution in [0.25, 0.3) is 0 Å². The number of guanidine groups is 1. The van der Waals surface area contributed by atoms with Gasteiger partial charge < -0.3 is 20.9 Å². The van der Waals surface area contributed by atoms with Crippen molar-refractivity contribution >= 4 is 11.9 Å². The fourth-order valence-corrected chi connectivity index (χ4v) is 3.41. The third-order valence-electron chi connectivity index (χ3n) is 5.15. The first-order valence-corrected chi connectivity index (χ1v) is 10.1. The quantitative estimate of drug-likeness (QED) is 0.241. The van der Waals surface area contributed by atoms with Gasteiger partial charge in [0.1, 0.15) is 0 Å². The van der Waals surface area contributed by atoms with Crippen LogP contribution >= 0.6 is 0 Å². The van der Waals surface area contributed by atoms with Gasteiger partial charge >= 0.3 is 0 Å². The SMILES string of the molecule is C=CCCCCCN(C)C(=NC)NCCCCN1CCC(C(N)=O)CC1. The number of carbonyl (C=O) groups excluding carboxylic acids is 1. The van der Waals surface area contributed by atoms with Crippen LogP contribution in [0.1, 0.15) is 51.4 Å². The van der Waals surface area contributed by atoms with Crippen molar-refractivity contribution in [1.82, 2.24) is 15.1 Å². The summed E-state index contributed by atoms with van der Waals surface area (Å²) < 4.78 is 0. The zero-order valence-electron chi connectivity index (χ0n) is 16.9. The van der Waals surface area contributed by atoms with E-state index in [2.05, 4.69) is 33.7 Å². The Morgan fingerprint density at radius 2 is 2.00 bits per heavy atom. The summed E-state index contributed by atoms with van der Waals surface area (Å²) in [5.41, 5.74) is 5.39. The molecule has 1 heterocycles. The number of nitrogens with one attached hydrogen (secondary N) is 1. The third kappa shape index (κ3) is 9.22. The van der Waals surface area contributed by atoms with Gasteiger partial charge in [-0.05, 0) is 64.6 Å². The second-order valence-electron chi connectivity index (χ2n) is 7.26. The van der Waals surface area contributed by atoms with Crippen LogP contribution in [0.15, 0.2) is 17.6 Å². The number of amides is 1. The minimum Gasteiger partial charge on any atom is -0.369 e. The van der Waals surface area contributed by atoms with Crippen molar-refractivity contribution in [2.75, 3.05) is 46.8 Å². The van der Waals surface area contributed by atoms with Crippen LogP contribution in [0.4, 0.5) is 0 Å². The lowest BCUT2D eigenvalue weighted by Crippen LogP contribution is -2.40. The zero-order chi connectivity index (χ0) is 19.2. The third-order valence-corrected chi connectivity index (χ3v) is 5.15. The van der Waals surface area contributed by atoms with Crippen molar-refractivity contribution in [3.8, 4) is 0 Å². The summed E-state index contributed by atoms with van der Waals surface area (Å²) in [5.74, 6) is 0.935. The molecule has 1 aliphatic heterocycles. The molecule has 1 fully saturated rings. The van der Waals surface area contributed by atoms with E-state index in [4.69, 9.17) is 5.73 Å². The summed E-state index contributed by atoms with van der Waals surface area (Å²) in [6.45, 7) is 8.84. The lowest BCUT2D eigenvalue weighted by molar-refractivity contribution is -0.123. The first kappa shape index (κ1) is 22.5. The van der Waals surface area contributed by atoms with Gasteiger partial charge in [0.15, 0.2) is 5.96 Å². The lowest BCUT2D eigenvalue weighted by Gasteiger charge is -2.30. The molecule has 1 saturated heterocycles. The molecule has 6 heteroatoms. The number of aliphatic imine (C=N–C) groups is 1. The van der Waals surface area contributed by atoms with E-state index in [9.17, 15) is 4.79 Å². The number of allylic oxidation sites excluding steroid dienone is 1. The number of nitrogens with zero attached hydrogens (tertiary/aromatic N) is 3. The van der Waals surface area contributed by atoms with Gasteiger partial charge in [-0.25, -0.2) is 0 Å². The molecule has 0 saturated carbocycles. The highest BCUT2D eigenvalue weighted by Crippen LogP contribution is 2.16. The molecule has 0 bridgehead atoms. The van der Waals surface area contributed by atoms with E-state index in [1.165, 1.54) is 19.3 Å². The number of hydrogen-bond donors (Lipinski definition) is 2. The molecule has 1 aliphatic rings. The highest BCUT2D eigenvalue weighted by Gasteiger charge is 2.22. The van der Waals surface area contributed by atoms with Gasteiger partial charge in [-0.15, -0.1) is 6.58 Å². The minimum absolute atomic E-state index is 0.0866. The Labute approximate surface area is 159 Å². The van der Waals surface area contributed by atoms with Gasteiger partial charge in [0.25, 0.3) is 0 Å². The minimum atomic E-state index is -0.134. The van der Waals surface area contributed by atoms with E-state index in [-0.39, 0.29) is 11.8 Å². The summed E-state index contributed by atoms with van der Waals surface area (Å²) in [6, 6.07) is 0. The molecule has 26 heavy (non-hydrogen) atoms. The molecular formula is C20H39N5O. The largest absolute Gasteiger partial charge is 0.369 e. The van der Waals surface area contributed by atoms with Crippen molar-refractivity contribution in [2.45, 2.75) is 51.4 Å². The molecule has 150 valence electrons. The number of hydrogen-bond acceptors (Lipinski definition) is 3. The van der Waals surface area contributed by atoms with Crippen molar-refractivity contribution in [3.05, 3.63) is 12.7 Å². The fourth-order valence-electron chi connectivity index (χ4n) is 3.41. The second-order valence-corrected chi connectivity index (χ2v) is 7.26. The van der Waals surface area contributed by atoms with E-state index in [1.807, 2.05) is 13.1 Å². The maximum atomic E-state index is 11.2. The molecule has 0 unspecified atom stereocenters. The van der Waals surface area contributed by atoms with Crippen molar-refractivity contribution in [3.63, 3.8) is 0 Å². The smallest absolute Gasteiger partial charge is 0.220 e. The number of piperidine rings is 1. The molecule has 0 aromatic heterocycles. The van der Waals surface area contributed by atoms with Crippen molar-refractivity contribution < 1.29 is 4.79 Å². The number of carbonyl (C=O) groups is 1. The maximum absolute atomic E-state index is 11.2. The molecule has 0 atom stereocenters. The molecule has 0 radical (unpaired) electrons. The Hall–Kier alpha value is -1.56. The van der Waals surface area contributed by atoms with Crippen LogP contribution in [-0.4, -0.2) is 68.5 Å². The van der Waals surface area contributed by atoms with Gasteiger partial charge in [-0.2, -0.15) is 0 Å². The van der Waals surface area contributed by atoms with E-state index in [1.54, 1.807) is 0 Å². The summed E-state index contributed by atoms with van der Waals surface area (Å²) >= 11 is 0. The standard InChI is InChI=1S/C20H39N5O/c1-4-5-6-7-9-14-24(3)20(22-2)23-13-8-10-15-25-16-11-18(12-17-25)19(21)26/h4,18H,1,5-17H2,2-3H3,(H2,21,26)(H,22,23). The van der Waals surface area contributed by atoms with Gasteiger partial charge in [-0.3, -0.25) is 9.79 Å². The number of likely N-dealkylation sites (tertiary alicyclic amines) is 1. The monoisotopic (exact) mass is 365 g/mol. The zero-order valence-corrected chi connectivity index (χ0v) is 16.9. The fraction of sp³-hybridized carbons (Fsp3) is 0.800. The second kappa shape index (κ2) is 13.6. The van der Waals surface area contributed by atoms with Gasteiger partial charge in [0, 0.05) is 33.1 Å². The Morgan fingerprint density at radius 3 is 2.62 bits per heavy atom. The van der Waals surface area contributed by atoms with Crippen LogP contribution in [0.5, 0.6) is 0 Å². The summed E-state index contributed by atoms with van der Waals surface area (Å²) in [4.78, 5) is 20.2. The summed E-state index contributed by atoms with van der Waals surface area (Å²) in [7, 11) is 3.95. The van der Waals surface area contributed by atoms with Gasteiger partial charge in [0.2, 0.25) is 5.91 Å². The maximum Gasteiger partial charge on any atom is 0.220 e. The average molecular weight is 366 g/mol. The predicted molar refractivity (Wildman–Crippen MR) is 110 cm³/mol. The molecule has 0 aromatic rings. The molecular weight excluding hydrogens is 326 g/mol. The lowest BCUT2D eigenvalue weighted by atomic mass is 9.96. The van der Waals surface area contributed by atoms with Crippen LogP contribution in [-0.2, 0) is 4.79 Å². The van der Waals surface area contributed by atoms with E-state index in [0.29, 0.717) is 0 Å². The predicted octanol–water partition coefficient (Wildman–Crippen LogP) is 2.22. The van der Waals surface area contributed by atoms with Crippen LogP contribution in [0.3, 0.4) is 0 Å². The first-order valence-electron chi connectivity index (χ1n) is 10.1. The molecule has 1 amide bonds. The normalized spacial score (nSPS) is 16.5. The van der Waals surface area contributed by atoms with Crippen LogP contribution in [0.2, 0.25) is 0 Å². The molecule has 0 aromatic carbocycles. The number of primary amides is 1. The van der Waals surface area contributed by atoms with Crippen LogP contribution < -0.4 is 11.1 Å². The summed E-state index contributed by atoms with van der Waals surface area (Å²) in [6.07, 6.45) is 10.9. The van der Waals surface area contributed by atoms with Gasteiger partial charge in [0.05, 0.1) is 0 Å². The van der Waals surface area contributed by atoms with Crippen molar-refractivity contribution in [2.24, 2.45) is 16.6 Å². The molecule has 0 aliphatic carbocycles. The van der Waals surface area contributed by atoms with E-state index < -0.39 is 0 Å². The Kier molecular flexibility index (Phi) is 11.8. The van der Waals surface area contributed by atoms with Crippen LogP contribution in [0, 0.1) is 5.92 Å². The number of unbranched alkanes of at least 4 members (excludes halogenated alkanes) is 4. The Morgan fingerprint density at radius 1 is 1.27 bits per heavy atom. The van der Waals surface area contributed by atoms with Crippen molar-refractivity contribution in [1.29, 1.82) is 0 Å². The average Bonchev–Trinajstić information content (AvgIpc) is 2.64. The highest BCUT2D eigenvalue weighted by atomic mass is 16.1. The van der Waals surface area contributed by atoms with Gasteiger partial charge in [-0.1, -0.05) is 12.5 Å². The van der Waals surface area contributed by atoms with E-state index >= 15 is 0 Å². The molecule has 6 nitrogen and oxygen atoms in total. The number of rotatable bonds is 12. The first-order chi connectivity index (χ1) is 12.6. The van der Waals surface area contributed by atoms with E-state index in [0.717, 1.165) is 70.8 Å². The Bertz CT molecular complexity index is 430.